The number of alkyl halides is 1. The molecule has 3 heteroatoms. The summed E-state index contributed by atoms with van der Waals surface area (Å²) in [6.07, 6.45) is 5.51. The van der Waals surface area contributed by atoms with E-state index in [4.69, 9.17) is 11.6 Å². The third-order valence-corrected chi connectivity index (χ3v) is 4.43. The smallest absolute Gasteiger partial charge is 0.230 e. The summed E-state index contributed by atoms with van der Waals surface area (Å²) in [5.41, 5.74) is 2.60. The van der Waals surface area contributed by atoms with E-state index in [1.807, 2.05) is 11.0 Å². The SMILES string of the molecule is O=C(C1CCCc2ccccc21)N(CCCl)C1CC1. The Morgan fingerprint density at radius 1 is 1.26 bits per heavy atom. The monoisotopic (exact) mass is 277 g/mol. The van der Waals surface area contributed by atoms with Gasteiger partial charge in [0.25, 0.3) is 0 Å². The van der Waals surface area contributed by atoms with Crippen molar-refractivity contribution in [2.24, 2.45) is 0 Å². The van der Waals surface area contributed by atoms with Crippen molar-refractivity contribution in [3.63, 3.8) is 0 Å². The summed E-state index contributed by atoms with van der Waals surface area (Å²) in [4.78, 5) is 14.8. The van der Waals surface area contributed by atoms with Gasteiger partial charge in [0.2, 0.25) is 5.91 Å². The molecule has 19 heavy (non-hydrogen) atoms. The molecular weight excluding hydrogens is 258 g/mol. The van der Waals surface area contributed by atoms with Crippen LogP contribution in [0.1, 0.15) is 42.7 Å². The summed E-state index contributed by atoms with van der Waals surface area (Å²) in [5.74, 6) is 0.903. The Morgan fingerprint density at radius 2 is 2.05 bits per heavy atom. The zero-order valence-corrected chi connectivity index (χ0v) is 11.9. The van der Waals surface area contributed by atoms with E-state index in [0.29, 0.717) is 24.4 Å². The molecule has 3 rings (SSSR count). The summed E-state index contributed by atoms with van der Waals surface area (Å²) in [6.45, 7) is 0.698. The fourth-order valence-electron chi connectivity index (χ4n) is 3.16. The van der Waals surface area contributed by atoms with Crippen molar-refractivity contribution in [3.8, 4) is 0 Å². The predicted molar refractivity (Wildman–Crippen MR) is 77.6 cm³/mol. The number of nitrogens with zero attached hydrogens (tertiary/aromatic N) is 1. The first-order valence-corrected chi connectivity index (χ1v) is 7.79. The van der Waals surface area contributed by atoms with Crippen molar-refractivity contribution in [2.75, 3.05) is 12.4 Å². The lowest BCUT2D eigenvalue weighted by Crippen LogP contribution is -2.39. The number of hydrogen-bond acceptors (Lipinski definition) is 1. The largest absolute Gasteiger partial charge is 0.338 e. The quantitative estimate of drug-likeness (QED) is 0.773. The van der Waals surface area contributed by atoms with Crippen LogP contribution in [-0.4, -0.2) is 29.3 Å². The topological polar surface area (TPSA) is 20.3 Å². The lowest BCUT2D eigenvalue weighted by atomic mass is 9.82. The molecule has 0 saturated heterocycles. The Labute approximate surface area is 119 Å². The Morgan fingerprint density at radius 3 is 2.79 bits per heavy atom. The zero-order chi connectivity index (χ0) is 13.2. The van der Waals surface area contributed by atoms with Gasteiger partial charge in [-0.05, 0) is 43.2 Å². The first-order valence-electron chi connectivity index (χ1n) is 7.25. The lowest BCUT2D eigenvalue weighted by Gasteiger charge is -2.30. The van der Waals surface area contributed by atoms with Crippen molar-refractivity contribution >= 4 is 17.5 Å². The molecule has 0 aromatic heterocycles. The highest BCUT2D eigenvalue weighted by molar-refractivity contribution is 6.18. The maximum Gasteiger partial charge on any atom is 0.230 e. The van der Waals surface area contributed by atoms with E-state index in [-0.39, 0.29) is 5.92 Å². The van der Waals surface area contributed by atoms with Crippen LogP contribution in [0.25, 0.3) is 0 Å². The van der Waals surface area contributed by atoms with Gasteiger partial charge >= 0.3 is 0 Å². The number of fused-ring (bicyclic) bond motifs is 1. The van der Waals surface area contributed by atoms with Crippen LogP contribution < -0.4 is 0 Å². The molecule has 0 spiro atoms. The molecule has 1 fully saturated rings. The van der Waals surface area contributed by atoms with Gasteiger partial charge in [0.05, 0.1) is 5.92 Å². The molecule has 0 heterocycles. The van der Waals surface area contributed by atoms with Crippen LogP contribution in [0.5, 0.6) is 0 Å². The van der Waals surface area contributed by atoms with E-state index in [1.54, 1.807) is 0 Å². The predicted octanol–water partition coefficient (Wildman–Crippen LogP) is 3.34. The van der Waals surface area contributed by atoms with Gasteiger partial charge in [0.15, 0.2) is 0 Å². The Kier molecular flexibility index (Phi) is 3.79. The standard InChI is InChI=1S/C16H20ClNO/c17-10-11-18(13-8-9-13)16(19)15-7-3-5-12-4-1-2-6-14(12)15/h1-2,4,6,13,15H,3,5,7-11H2. The molecule has 2 aliphatic rings. The molecule has 0 radical (unpaired) electrons. The minimum Gasteiger partial charge on any atom is -0.338 e. The fourth-order valence-corrected chi connectivity index (χ4v) is 3.34. The number of halogens is 1. The van der Waals surface area contributed by atoms with Crippen LogP contribution in [0, 0.1) is 0 Å². The van der Waals surface area contributed by atoms with E-state index in [1.165, 1.54) is 11.1 Å². The summed E-state index contributed by atoms with van der Waals surface area (Å²) < 4.78 is 0. The Bertz CT molecular complexity index is 470. The second kappa shape index (κ2) is 5.54. The molecule has 1 amide bonds. The number of amides is 1. The van der Waals surface area contributed by atoms with Gasteiger partial charge in [-0.2, -0.15) is 0 Å². The third kappa shape index (κ3) is 2.64. The molecule has 0 bridgehead atoms. The van der Waals surface area contributed by atoms with Crippen molar-refractivity contribution in [3.05, 3.63) is 35.4 Å². The van der Waals surface area contributed by atoms with Gasteiger partial charge in [0.1, 0.15) is 0 Å². The summed E-state index contributed by atoms with van der Waals surface area (Å²) in [6, 6.07) is 8.87. The van der Waals surface area contributed by atoms with Crippen molar-refractivity contribution in [2.45, 2.75) is 44.1 Å². The number of carbonyl (C=O) groups is 1. The molecule has 1 atom stereocenters. The number of hydrogen-bond donors (Lipinski definition) is 0. The molecule has 2 aliphatic carbocycles. The van der Waals surface area contributed by atoms with Crippen LogP contribution in [0.15, 0.2) is 24.3 Å². The van der Waals surface area contributed by atoms with Crippen LogP contribution >= 0.6 is 11.6 Å². The van der Waals surface area contributed by atoms with Crippen LogP contribution in [0.2, 0.25) is 0 Å². The van der Waals surface area contributed by atoms with Gasteiger partial charge in [-0.3, -0.25) is 4.79 Å². The van der Waals surface area contributed by atoms with Gasteiger partial charge in [-0.25, -0.2) is 0 Å². The van der Waals surface area contributed by atoms with Crippen LogP contribution in [0.3, 0.4) is 0 Å². The molecule has 1 saturated carbocycles. The second-order valence-electron chi connectivity index (χ2n) is 5.60. The number of carbonyl (C=O) groups excluding carboxylic acids is 1. The zero-order valence-electron chi connectivity index (χ0n) is 11.1. The first kappa shape index (κ1) is 13.0. The first-order chi connectivity index (χ1) is 9.31. The van der Waals surface area contributed by atoms with E-state index in [2.05, 4.69) is 18.2 Å². The Hall–Kier alpha value is -1.02. The fraction of sp³-hybridized carbons (Fsp3) is 0.562. The van der Waals surface area contributed by atoms with Crippen LogP contribution in [0.4, 0.5) is 0 Å². The molecule has 1 unspecified atom stereocenters. The van der Waals surface area contributed by atoms with Crippen LogP contribution in [-0.2, 0) is 11.2 Å². The van der Waals surface area contributed by atoms with E-state index < -0.39 is 0 Å². The average molecular weight is 278 g/mol. The lowest BCUT2D eigenvalue weighted by molar-refractivity contribution is -0.133. The molecule has 2 nitrogen and oxygen atoms in total. The average Bonchev–Trinajstić information content (AvgIpc) is 3.28. The Balaban J connectivity index is 1.83. The molecular formula is C16H20ClNO. The van der Waals surface area contributed by atoms with Crippen molar-refractivity contribution in [1.29, 1.82) is 0 Å². The van der Waals surface area contributed by atoms with E-state index in [9.17, 15) is 4.79 Å². The van der Waals surface area contributed by atoms with Gasteiger partial charge < -0.3 is 4.90 Å². The maximum atomic E-state index is 12.8. The molecule has 1 aromatic rings. The highest BCUT2D eigenvalue weighted by Gasteiger charge is 2.37. The van der Waals surface area contributed by atoms with Crippen molar-refractivity contribution < 1.29 is 4.79 Å². The molecule has 102 valence electrons. The normalized spacial score (nSPS) is 21.8. The van der Waals surface area contributed by atoms with Gasteiger partial charge in [0, 0.05) is 18.5 Å². The summed E-state index contributed by atoms with van der Waals surface area (Å²) >= 11 is 5.86. The van der Waals surface area contributed by atoms with Gasteiger partial charge in [-0.1, -0.05) is 24.3 Å². The minimum absolute atomic E-state index is 0.0637. The second-order valence-corrected chi connectivity index (χ2v) is 5.97. The summed E-state index contributed by atoms with van der Waals surface area (Å²) in [5, 5.41) is 0. The van der Waals surface area contributed by atoms with Crippen molar-refractivity contribution in [1.82, 2.24) is 4.90 Å². The molecule has 1 aromatic carbocycles. The molecule has 0 N–H and O–H groups in total. The maximum absolute atomic E-state index is 12.8. The highest BCUT2D eigenvalue weighted by atomic mass is 35.5. The number of benzene rings is 1. The number of rotatable bonds is 4. The number of aryl methyl sites for hydroxylation is 1. The van der Waals surface area contributed by atoms with E-state index in [0.717, 1.165) is 32.1 Å². The summed E-state index contributed by atoms with van der Waals surface area (Å²) in [7, 11) is 0. The molecule has 0 aliphatic heterocycles. The van der Waals surface area contributed by atoms with E-state index >= 15 is 0 Å². The highest BCUT2D eigenvalue weighted by Crippen LogP contribution is 2.36. The third-order valence-electron chi connectivity index (χ3n) is 4.26. The van der Waals surface area contributed by atoms with Gasteiger partial charge in [-0.15, -0.1) is 11.6 Å². The minimum atomic E-state index is 0.0637.